The fourth-order valence-corrected chi connectivity index (χ4v) is 0.310. The van der Waals surface area contributed by atoms with Crippen molar-refractivity contribution in [2.45, 2.75) is 6.92 Å². The van der Waals surface area contributed by atoms with Crippen LogP contribution in [0.5, 0.6) is 0 Å². The highest BCUT2D eigenvalue weighted by Crippen LogP contribution is 1.79. The quantitative estimate of drug-likeness (QED) is 0.430. The van der Waals surface area contributed by atoms with Gasteiger partial charge in [0.05, 0.1) is 0 Å². The molecule has 4 heteroatoms. The van der Waals surface area contributed by atoms with Gasteiger partial charge in [0.1, 0.15) is 5.70 Å². The molecule has 0 radical (unpaired) electrons. The zero-order valence-electron chi connectivity index (χ0n) is 5.74. The molecule has 0 saturated heterocycles. The van der Waals surface area contributed by atoms with E-state index >= 15 is 0 Å². The van der Waals surface area contributed by atoms with Crippen LogP contribution in [0.25, 0.3) is 0 Å². The molecule has 0 rings (SSSR count). The summed E-state index contributed by atoms with van der Waals surface area (Å²) in [5.74, 6) is -1.12. The number of rotatable bonds is 3. The predicted molar refractivity (Wildman–Crippen MR) is 38.9 cm³/mol. The summed E-state index contributed by atoms with van der Waals surface area (Å²) < 4.78 is 0. The van der Waals surface area contributed by atoms with Gasteiger partial charge >= 0.3 is 5.97 Å². The van der Waals surface area contributed by atoms with Gasteiger partial charge in [0.2, 0.25) is 0 Å². The molecule has 0 aliphatic carbocycles. The Balaban J connectivity index is 3.92. The minimum absolute atomic E-state index is 0.197. The normalized spacial score (nSPS) is 12.3. The molecule has 4 nitrogen and oxygen atoms in total. The van der Waals surface area contributed by atoms with Gasteiger partial charge in [-0.05, 0) is 13.0 Å². The van der Waals surface area contributed by atoms with Crippen molar-refractivity contribution in [3.8, 4) is 0 Å². The van der Waals surface area contributed by atoms with Gasteiger partial charge in [-0.15, -0.1) is 0 Å². The number of hydrogen-bond acceptors (Lipinski definition) is 3. The highest BCUT2D eigenvalue weighted by atomic mass is 16.4. The van der Waals surface area contributed by atoms with Crippen LogP contribution in [0.3, 0.4) is 0 Å². The molecule has 56 valence electrons. The lowest BCUT2D eigenvalue weighted by Gasteiger charge is -1.86. The molecule has 0 spiro atoms. The molecular formula is C6H10N2O2. The molecule has 0 saturated carbocycles. The monoisotopic (exact) mass is 142 g/mol. The molecule has 0 aromatic carbocycles. The Kier molecular flexibility index (Phi) is 3.95. The average Bonchev–Trinajstić information content (AvgIpc) is 1.88. The topological polar surface area (TPSA) is 75.7 Å². The first-order valence-corrected chi connectivity index (χ1v) is 2.87. The summed E-state index contributed by atoms with van der Waals surface area (Å²) in [6.07, 6.45) is 2.63. The van der Waals surface area contributed by atoms with Gasteiger partial charge < -0.3 is 10.8 Å². The second kappa shape index (κ2) is 4.55. The van der Waals surface area contributed by atoms with Crippen LogP contribution in [0.1, 0.15) is 6.92 Å². The third-order valence-electron chi connectivity index (χ3n) is 0.789. The third-order valence-corrected chi connectivity index (χ3v) is 0.789. The van der Waals surface area contributed by atoms with Crippen LogP contribution in [-0.4, -0.2) is 23.8 Å². The third kappa shape index (κ3) is 3.65. The number of hydrogen-bond donors (Lipinski definition) is 2. The molecule has 0 aromatic heterocycles. The van der Waals surface area contributed by atoms with Crippen molar-refractivity contribution in [3.63, 3.8) is 0 Å². The van der Waals surface area contributed by atoms with Gasteiger partial charge in [-0.1, -0.05) is 0 Å². The molecule has 0 amide bonds. The summed E-state index contributed by atoms with van der Waals surface area (Å²) in [7, 11) is 0. The van der Waals surface area contributed by atoms with Crippen LogP contribution in [0, 0.1) is 0 Å². The summed E-state index contributed by atoms with van der Waals surface area (Å²) in [4.78, 5) is 13.8. The smallest absolute Gasteiger partial charge is 0.351 e. The van der Waals surface area contributed by atoms with Crippen molar-refractivity contribution in [1.29, 1.82) is 0 Å². The summed E-state index contributed by atoms with van der Waals surface area (Å²) in [5, 5.41) is 8.23. The lowest BCUT2D eigenvalue weighted by molar-refractivity contribution is -0.132. The lowest BCUT2D eigenvalue weighted by atomic mass is 10.4. The van der Waals surface area contributed by atoms with Crippen LogP contribution in [-0.2, 0) is 4.79 Å². The van der Waals surface area contributed by atoms with Gasteiger partial charge in [-0.2, -0.15) is 0 Å². The standard InChI is InChI=1S/C6H10N2O2/c1-2-8-4-3-5(7)6(9)10/h3-4H,2,7H2,1H3,(H,9,10)/b5-3-,8-4?. The zero-order valence-corrected chi connectivity index (χ0v) is 5.74. The average molecular weight is 142 g/mol. The first-order chi connectivity index (χ1) is 4.68. The number of nitrogens with zero attached hydrogens (tertiary/aromatic N) is 1. The SMILES string of the molecule is CCN=C/C=C(\N)C(=O)O. The summed E-state index contributed by atoms with van der Waals surface area (Å²) >= 11 is 0. The number of carbonyl (C=O) groups is 1. The predicted octanol–water partition coefficient (Wildman–Crippen LogP) is 0.00430. The number of aliphatic carboxylic acids is 1. The molecule has 0 aliphatic heterocycles. The molecule has 0 bridgehead atoms. The number of carboxylic acids is 1. The van der Waals surface area contributed by atoms with E-state index in [0.29, 0.717) is 6.54 Å². The summed E-state index contributed by atoms with van der Waals surface area (Å²) in [6, 6.07) is 0. The van der Waals surface area contributed by atoms with E-state index in [4.69, 9.17) is 10.8 Å². The van der Waals surface area contributed by atoms with Crippen LogP contribution in [0.4, 0.5) is 0 Å². The highest BCUT2D eigenvalue weighted by Gasteiger charge is 1.96. The molecule has 0 heterocycles. The Morgan fingerprint density at radius 3 is 2.80 bits per heavy atom. The first kappa shape index (κ1) is 8.68. The maximum absolute atomic E-state index is 10.0. The largest absolute Gasteiger partial charge is 0.477 e. The fourth-order valence-electron chi connectivity index (χ4n) is 0.310. The number of nitrogens with two attached hydrogens (primary N) is 1. The Morgan fingerprint density at radius 1 is 1.80 bits per heavy atom. The first-order valence-electron chi connectivity index (χ1n) is 2.87. The van der Waals surface area contributed by atoms with Gasteiger partial charge in [-0.25, -0.2) is 4.79 Å². The van der Waals surface area contributed by atoms with Crippen molar-refractivity contribution < 1.29 is 9.90 Å². The van der Waals surface area contributed by atoms with E-state index in [9.17, 15) is 4.79 Å². The van der Waals surface area contributed by atoms with Crippen molar-refractivity contribution in [1.82, 2.24) is 0 Å². The van der Waals surface area contributed by atoms with Gasteiger partial charge in [0, 0.05) is 12.8 Å². The Morgan fingerprint density at radius 2 is 2.40 bits per heavy atom. The van der Waals surface area contributed by atoms with Crippen molar-refractivity contribution in [3.05, 3.63) is 11.8 Å². The molecule has 3 N–H and O–H groups in total. The molecule has 0 aliphatic rings. The summed E-state index contributed by atoms with van der Waals surface area (Å²) in [6.45, 7) is 2.48. The van der Waals surface area contributed by atoms with E-state index in [-0.39, 0.29) is 5.70 Å². The molecule has 0 fully saturated rings. The second-order valence-corrected chi connectivity index (χ2v) is 1.58. The maximum Gasteiger partial charge on any atom is 0.351 e. The van der Waals surface area contributed by atoms with E-state index in [1.165, 1.54) is 12.3 Å². The maximum atomic E-state index is 10.0. The van der Waals surface area contributed by atoms with Crippen LogP contribution in [0.2, 0.25) is 0 Å². The fraction of sp³-hybridized carbons (Fsp3) is 0.333. The highest BCUT2D eigenvalue weighted by molar-refractivity contribution is 5.91. The van der Waals surface area contributed by atoms with Crippen LogP contribution >= 0.6 is 0 Å². The lowest BCUT2D eigenvalue weighted by Crippen LogP contribution is -2.09. The van der Waals surface area contributed by atoms with E-state index < -0.39 is 5.97 Å². The minimum Gasteiger partial charge on any atom is -0.477 e. The van der Waals surface area contributed by atoms with Crippen molar-refractivity contribution in [2.75, 3.05) is 6.54 Å². The van der Waals surface area contributed by atoms with Gasteiger partial charge in [0.15, 0.2) is 0 Å². The van der Waals surface area contributed by atoms with Crippen molar-refractivity contribution in [2.24, 2.45) is 10.7 Å². The minimum atomic E-state index is -1.12. The van der Waals surface area contributed by atoms with Crippen LogP contribution < -0.4 is 5.73 Å². The summed E-state index contributed by atoms with van der Waals surface area (Å²) in [5.41, 5.74) is 4.83. The van der Waals surface area contributed by atoms with Crippen molar-refractivity contribution >= 4 is 12.2 Å². The van der Waals surface area contributed by atoms with Gasteiger partial charge in [-0.3, -0.25) is 4.99 Å². The molecule has 0 unspecified atom stereocenters. The molecular weight excluding hydrogens is 132 g/mol. The Hall–Kier alpha value is -1.32. The number of allylic oxidation sites excluding steroid dienone is 1. The number of aliphatic imine (C=N–C) groups is 1. The number of carboxylic acid groups (broad SMARTS) is 1. The molecule has 0 aromatic rings. The zero-order chi connectivity index (χ0) is 7.98. The van der Waals surface area contributed by atoms with Gasteiger partial charge in [0.25, 0.3) is 0 Å². The Labute approximate surface area is 59.1 Å². The van der Waals surface area contributed by atoms with E-state index in [1.807, 2.05) is 6.92 Å². The van der Waals surface area contributed by atoms with E-state index in [2.05, 4.69) is 4.99 Å². The molecule has 0 atom stereocenters. The Bertz CT molecular complexity index is 173. The van der Waals surface area contributed by atoms with E-state index in [0.717, 1.165) is 0 Å². The molecule has 10 heavy (non-hydrogen) atoms. The second-order valence-electron chi connectivity index (χ2n) is 1.58. The van der Waals surface area contributed by atoms with E-state index in [1.54, 1.807) is 0 Å². The van der Waals surface area contributed by atoms with Crippen LogP contribution in [0.15, 0.2) is 16.8 Å².